The maximum Gasteiger partial charge on any atom is 0.318 e. The maximum atomic E-state index is 14.0. The van der Waals surface area contributed by atoms with Gasteiger partial charge < -0.3 is 14.8 Å². The molecule has 1 aliphatic heterocycles. The summed E-state index contributed by atoms with van der Waals surface area (Å²) >= 11 is 6.24. The molecule has 0 saturated heterocycles. The van der Waals surface area contributed by atoms with Crippen LogP contribution in [0.15, 0.2) is 72.9 Å². The number of halogens is 1. The van der Waals surface area contributed by atoms with Gasteiger partial charge in [0.1, 0.15) is 5.82 Å². The van der Waals surface area contributed by atoms with E-state index in [4.69, 9.17) is 16.7 Å². The third-order valence-electron chi connectivity index (χ3n) is 7.47. The molecule has 1 atom stereocenters. The minimum atomic E-state index is -0.267. The zero-order valence-electron chi connectivity index (χ0n) is 20.4. The molecule has 6 rings (SSSR count). The number of aromatic nitrogens is 3. The Kier molecular flexibility index (Phi) is 6.05. The van der Waals surface area contributed by atoms with Crippen LogP contribution >= 0.6 is 11.6 Å². The number of benzene rings is 2. The summed E-state index contributed by atoms with van der Waals surface area (Å²) in [6.45, 7) is 2.49. The van der Waals surface area contributed by atoms with Crippen LogP contribution in [0.1, 0.15) is 60.7 Å². The molecule has 2 aromatic heterocycles. The summed E-state index contributed by atoms with van der Waals surface area (Å²) in [5.74, 6) is 0.977. The highest BCUT2D eigenvalue weighted by Crippen LogP contribution is 2.38. The summed E-state index contributed by atoms with van der Waals surface area (Å²) in [5, 5.41) is 8.97. The third kappa shape index (κ3) is 4.09. The van der Waals surface area contributed by atoms with E-state index >= 15 is 0 Å². The number of para-hydroxylation sites is 1. The fourth-order valence-corrected chi connectivity index (χ4v) is 5.78. The second kappa shape index (κ2) is 9.51. The molecule has 1 aliphatic carbocycles. The van der Waals surface area contributed by atoms with Gasteiger partial charge in [-0.3, -0.25) is 0 Å². The molecule has 7 heteroatoms. The summed E-state index contributed by atoms with van der Waals surface area (Å²) in [4.78, 5) is 15.9. The zero-order valence-corrected chi connectivity index (χ0v) is 21.2. The molecule has 0 bridgehead atoms. The topological polar surface area (TPSA) is 55.1 Å². The molecule has 1 fully saturated rings. The molecular formula is C29H30ClN5O. The highest BCUT2D eigenvalue weighted by atomic mass is 35.5. The molecule has 3 heterocycles. The van der Waals surface area contributed by atoms with Gasteiger partial charge in [0.2, 0.25) is 0 Å². The lowest BCUT2D eigenvalue weighted by Crippen LogP contribution is -2.46. The lowest BCUT2D eigenvalue weighted by atomic mass is 9.95. The lowest BCUT2D eigenvalue weighted by Gasteiger charge is -2.33. The van der Waals surface area contributed by atoms with E-state index in [0.29, 0.717) is 11.6 Å². The van der Waals surface area contributed by atoms with E-state index in [1.165, 1.54) is 19.3 Å². The molecular weight excluding hydrogens is 470 g/mol. The molecule has 0 spiro atoms. The van der Waals surface area contributed by atoms with Gasteiger partial charge in [-0.2, -0.15) is 5.10 Å². The number of aryl methyl sites for hydroxylation is 1. The minimum absolute atomic E-state index is 0.0330. The number of urea groups is 1. The fourth-order valence-electron chi connectivity index (χ4n) is 5.65. The molecule has 184 valence electrons. The normalized spacial score (nSPS) is 17.8. The Morgan fingerprint density at radius 1 is 0.972 bits per heavy atom. The van der Waals surface area contributed by atoms with Gasteiger partial charge in [-0.15, -0.1) is 0 Å². The van der Waals surface area contributed by atoms with Crippen LogP contribution in [0.25, 0.3) is 11.5 Å². The Hall–Kier alpha value is -3.51. The van der Waals surface area contributed by atoms with Gasteiger partial charge in [-0.1, -0.05) is 61.2 Å². The van der Waals surface area contributed by atoms with E-state index in [-0.39, 0.29) is 18.1 Å². The Labute approximate surface area is 216 Å². The second-order valence-corrected chi connectivity index (χ2v) is 10.2. The summed E-state index contributed by atoms with van der Waals surface area (Å²) < 4.78 is 4.19. The number of amides is 2. The van der Waals surface area contributed by atoms with Crippen molar-refractivity contribution in [2.24, 2.45) is 0 Å². The van der Waals surface area contributed by atoms with Crippen molar-refractivity contribution in [3.63, 3.8) is 0 Å². The molecule has 2 amide bonds. The van der Waals surface area contributed by atoms with Crippen molar-refractivity contribution in [3.05, 3.63) is 100 Å². The number of carbonyl (C=O) groups excluding carboxylic acids is 1. The number of hydrogen-bond donors (Lipinski definition) is 1. The number of rotatable bonds is 3. The van der Waals surface area contributed by atoms with E-state index in [9.17, 15) is 4.79 Å². The van der Waals surface area contributed by atoms with Crippen LogP contribution in [0.4, 0.5) is 4.79 Å². The van der Waals surface area contributed by atoms with Crippen molar-refractivity contribution in [3.8, 4) is 11.5 Å². The summed E-state index contributed by atoms with van der Waals surface area (Å²) in [6.07, 6.45) is 7.73. The number of fused-ring (bicyclic) bond motifs is 3. The standard InChI is InChI=1S/C29H30ClN5O/c1-20-25-19-34(29(36)31-23-9-4-2-5-10-23)27(21-14-16-22(30)17-15-21)26-13-8-18-33(26)28(25)35(32-20)24-11-6-3-7-12-24/h3,6-8,11-18,23,27H,2,4-5,9-10,19H2,1H3,(H,31,36). The van der Waals surface area contributed by atoms with Gasteiger partial charge in [0.15, 0.2) is 0 Å². The van der Waals surface area contributed by atoms with Crippen LogP contribution in [-0.2, 0) is 6.54 Å². The largest absolute Gasteiger partial charge is 0.335 e. The van der Waals surface area contributed by atoms with Crippen molar-refractivity contribution in [2.45, 2.75) is 57.7 Å². The Morgan fingerprint density at radius 2 is 1.72 bits per heavy atom. The first-order valence-corrected chi connectivity index (χ1v) is 13.1. The smallest absolute Gasteiger partial charge is 0.318 e. The predicted molar refractivity (Wildman–Crippen MR) is 142 cm³/mol. The monoisotopic (exact) mass is 499 g/mol. The molecule has 36 heavy (non-hydrogen) atoms. The molecule has 2 aromatic carbocycles. The first-order valence-electron chi connectivity index (χ1n) is 12.7. The van der Waals surface area contributed by atoms with Gasteiger partial charge in [0.05, 0.1) is 29.7 Å². The van der Waals surface area contributed by atoms with Crippen LogP contribution < -0.4 is 5.32 Å². The van der Waals surface area contributed by atoms with Crippen molar-refractivity contribution >= 4 is 17.6 Å². The van der Waals surface area contributed by atoms with Crippen LogP contribution in [0.3, 0.4) is 0 Å². The molecule has 1 unspecified atom stereocenters. The van der Waals surface area contributed by atoms with Gasteiger partial charge >= 0.3 is 6.03 Å². The lowest BCUT2D eigenvalue weighted by molar-refractivity contribution is 0.173. The van der Waals surface area contributed by atoms with Crippen LogP contribution in [0.5, 0.6) is 0 Å². The van der Waals surface area contributed by atoms with E-state index in [1.54, 1.807) is 0 Å². The first kappa shape index (κ1) is 22.9. The summed E-state index contributed by atoms with van der Waals surface area (Å²) in [6, 6.07) is 22.1. The van der Waals surface area contributed by atoms with Gasteiger partial charge in [-0.25, -0.2) is 9.48 Å². The number of nitrogens with zero attached hydrogens (tertiary/aromatic N) is 4. The van der Waals surface area contributed by atoms with Gasteiger partial charge in [0.25, 0.3) is 0 Å². The van der Waals surface area contributed by atoms with Crippen LogP contribution in [0.2, 0.25) is 5.02 Å². The second-order valence-electron chi connectivity index (χ2n) is 9.80. The van der Waals surface area contributed by atoms with Crippen molar-refractivity contribution in [1.82, 2.24) is 24.6 Å². The van der Waals surface area contributed by atoms with E-state index < -0.39 is 0 Å². The third-order valence-corrected chi connectivity index (χ3v) is 7.72. The van der Waals surface area contributed by atoms with Crippen LogP contribution in [-0.4, -0.2) is 31.3 Å². The van der Waals surface area contributed by atoms with E-state index in [1.807, 2.05) is 65.0 Å². The molecule has 4 aromatic rings. The number of nitrogens with one attached hydrogen (secondary N) is 1. The molecule has 0 radical (unpaired) electrons. The highest BCUT2D eigenvalue weighted by molar-refractivity contribution is 6.30. The molecule has 6 nitrogen and oxygen atoms in total. The number of carbonyl (C=O) groups is 1. The SMILES string of the molecule is Cc1nn(-c2ccccc2)c2c1CN(C(=O)NC1CCCCC1)C(c1ccc(Cl)cc1)c1cccn1-2. The van der Waals surface area contributed by atoms with Crippen molar-refractivity contribution < 1.29 is 4.79 Å². The maximum absolute atomic E-state index is 14.0. The van der Waals surface area contributed by atoms with Crippen LogP contribution in [0, 0.1) is 6.92 Å². The minimum Gasteiger partial charge on any atom is -0.335 e. The predicted octanol–water partition coefficient (Wildman–Crippen LogP) is 6.57. The van der Waals surface area contributed by atoms with Crippen molar-refractivity contribution in [2.75, 3.05) is 0 Å². The molecule has 1 saturated carbocycles. The average Bonchev–Trinajstić information content (AvgIpc) is 3.46. The highest BCUT2D eigenvalue weighted by Gasteiger charge is 2.36. The number of hydrogen-bond acceptors (Lipinski definition) is 2. The Balaban J connectivity index is 1.50. The molecule has 2 aliphatic rings. The van der Waals surface area contributed by atoms with Gasteiger partial charge in [-0.05, 0) is 61.7 Å². The first-order chi connectivity index (χ1) is 17.6. The Bertz CT molecular complexity index is 1370. The van der Waals surface area contributed by atoms with Gasteiger partial charge in [0, 0.05) is 22.8 Å². The molecule has 1 N–H and O–H groups in total. The van der Waals surface area contributed by atoms with Crippen molar-refractivity contribution in [1.29, 1.82) is 0 Å². The summed E-state index contributed by atoms with van der Waals surface area (Å²) in [7, 11) is 0. The van der Waals surface area contributed by atoms with E-state index in [2.05, 4.69) is 34.3 Å². The zero-order chi connectivity index (χ0) is 24.6. The average molecular weight is 500 g/mol. The fraction of sp³-hybridized carbons (Fsp3) is 0.310. The van der Waals surface area contributed by atoms with E-state index in [0.717, 1.165) is 46.9 Å². The Morgan fingerprint density at radius 3 is 2.47 bits per heavy atom. The quantitative estimate of drug-likeness (QED) is 0.346. The summed E-state index contributed by atoms with van der Waals surface area (Å²) in [5.41, 5.74) is 5.00.